The van der Waals surface area contributed by atoms with Crippen LogP contribution in [0.15, 0.2) is 20.0 Å². The van der Waals surface area contributed by atoms with Crippen molar-refractivity contribution >= 4 is 26.0 Å². The molecule has 1 aromatic heterocycles. The molecule has 0 aromatic carbocycles. The van der Waals surface area contributed by atoms with E-state index >= 15 is 0 Å². The highest BCUT2D eigenvalue weighted by Gasteiger charge is 2.21. The molecule has 2 N–H and O–H groups in total. The number of halogens is 1. The molecule has 1 heterocycles. The zero-order valence-electron chi connectivity index (χ0n) is 11.7. The van der Waals surface area contributed by atoms with Crippen molar-refractivity contribution in [3.8, 4) is 0 Å². The number of hydrogen-bond acceptors (Lipinski definition) is 4. The standard InChI is InChI=1S/C13H22BrNO4S/c1-2-3-4-5-6-7-8-15-20(17,18)12-9-11(10-16)19-13(12)14/h9,15-16H,2-8,10H2,1H3. The van der Waals surface area contributed by atoms with Gasteiger partial charge in [-0.25, -0.2) is 13.1 Å². The van der Waals surface area contributed by atoms with Crippen molar-refractivity contribution in [2.45, 2.75) is 57.0 Å². The van der Waals surface area contributed by atoms with E-state index in [0.717, 1.165) is 19.3 Å². The van der Waals surface area contributed by atoms with E-state index < -0.39 is 10.0 Å². The molecule has 0 aliphatic heterocycles. The second-order valence-electron chi connectivity index (χ2n) is 4.67. The number of nitrogens with one attached hydrogen (secondary N) is 1. The lowest BCUT2D eigenvalue weighted by atomic mass is 10.1. The fourth-order valence-corrected chi connectivity index (χ4v) is 3.92. The Kier molecular flexibility index (Phi) is 7.79. The fourth-order valence-electron chi connectivity index (χ4n) is 1.85. The van der Waals surface area contributed by atoms with Gasteiger partial charge in [0.25, 0.3) is 0 Å². The molecule has 0 aliphatic rings. The van der Waals surface area contributed by atoms with Crippen LogP contribution in [0, 0.1) is 0 Å². The molecule has 0 saturated carbocycles. The maximum atomic E-state index is 12.0. The minimum Gasteiger partial charge on any atom is -0.450 e. The van der Waals surface area contributed by atoms with Gasteiger partial charge in [0.1, 0.15) is 17.3 Å². The number of aliphatic hydroxyl groups is 1. The molecular formula is C13H22BrNO4S. The molecule has 7 heteroatoms. The van der Waals surface area contributed by atoms with E-state index in [1.54, 1.807) is 0 Å². The molecule has 0 bridgehead atoms. The predicted octanol–water partition coefficient (Wildman–Crippen LogP) is 3.17. The van der Waals surface area contributed by atoms with Crippen molar-refractivity contribution in [1.29, 1.82) is 0 Å². The van der Waals surface area contributed by atoms with Crippen LogP contribution < -0.4 is 4.72 Å². The van der Waals surface area contributed by atoms with Crippen LogP contribution >= 0.6 is 15.9 Å². The number of furan rings is 1. The Morgan fingerprint density at radius 1 is 1.25 bits per heavy atom. The fraction of sp³-hybridized carbons (Fsp3) is 0.692. The van der Waals surface area contributed by atoms with Crippen molar-refractivity contribution in [1.82, 2.24) is 4.72 Å². The summed E-state index contributed by atoms with van der Waals surface area (Å²) in [5.41, 5.74) is 0. The lowest BCUT2D eigenvalue weighted by molar-refractivity contribution is 0.245. The van der Waals surface area contributed by atoms with Crippen molar-refractivity contribution < 1.29 is 17.9 Å². The molecule has 1 rings (SSSR count). The second-order valence-corrected chi connectivity index (χ2v) is 7.13. The van der Waals surface area contributed by atoms with E-state index in [2.05, 4.69) is 27.6 Å². The normalized spacial score (nSPS) is 11.9. The van der Waals surface area contributed by atoms with Crippen LogP contribution in [-0.4, -0.2) is 20.1 Å². The summed E-state index contributed by atoms with van der Waals surface area (Å²) in [4.78, 5) is 0.0348. The quantitative estimate of drug-likeness (QED) is 0.622. The molecule has 0 saturated heterocycles. The topological polar surface area (TPSA) is 79.5 Å². The van der Waals surface area contributed by atoms with Crippen LogP contribution in [0.4, 0.5) is 0 Å². The third-order valence-electron chi connectivity index (χ3n) is 2.97. The summed E-state index contributed by atoms with van der Waals surface area (Å²) in [7, 11) is -3.58. The Morgan fingerprint density at radius 3 is 2.50 bits per heavy atom. The van der Waals surface area contributed by atoms with Gasteiger partial charge in [0.15, 0.2) is 4.67 Å². The zero-order chi connectivity index (χ0) is 15.0. The highest BCUT2D eigenvalue weighted by molar-refractivity contribution is 9.10. The number of hydrogen-bond donors (Lipinski definition) is 2. The Balaban J connectivity index is 2.40. The summed E-state index contributed by atoms with van der Waals surface area (Å²) in [6, 6.07) is 1.33. The molecule has 0 spiro atoms. The van der Waals surface area contributed by atoms with Gasteiger partial charge in [-0.15, -0.1) is 0 Å². The Hall–Kier alpha value is -0.370. The first-order valence-electron chi connectivity index (χ1n) is 6.90. The van der Waals surface area contributed by atoms with Crippen molar-refractivity contribution in [2.75, 3.05) is 6.54 Å². The average molecular weight is 368 g/mol. The molecule has 5 nitrogen and oxygen atoms in total. The minimum absolute atomic E-state index is 0.0348. The summed E-state index contributed by atoms with van der Waals surface area (Å²) in [5, 5.41) is 8.93. The first-order chi connectivity index (χ1) is 9.51. The zero-order valence-corrected chi connectivity index (χ0v) is 14.1. The second kappa shape index (κ2) is 8.81. The van der Waals surface area contributed by atoms with Crippen molar-refractivity contribution in [3.05, 3.63) is 16.5 Å². The average Bonchev–Trinajstić information content (AvgIpc) is 2.80. The van der Waals surface area contributed by atoms with Crippen LogP contribution in [0.1, 0.15) is 51.2 Å². The van der Waals surface area contributed by atoms with E-state index in [-0.39, 0.29) is 21.9 Å². The third kappa shape index (κ3) is 5.55. The number of rotatable bonds is 10. The van der Waals surface area contributed by atoms with Gasteiger partial charge in [0.2, 0.25) is 10.0 Å². The van der Waals surface area contributed by atoms with E-state index in [1.165, 1.54) is 25.3 Å². The lowest BCUT2D eigenvalue weighted by Crippen LogP contribution is -2.24. The van der Waals surface area contributed by atoms with E-state index in [1.807, 2.05) is 0 Å². The Morgan fingerprint density at radius 2 is 1.90 bits per heavy atom. The Bertz CT molecular complexity index is 498. The highest BCUT2D eigenvalue weighted by atomic mass is 79.9. The predicted molar refractivity (Wildman–Crippen MR) is 80.9 cm³/mol. The summed E-state index contributed by atoms with van der Waals surface area (Å²) in [5.74, 6) is 0.219. The molecule has 116 valence electrons. The van der Waals surface area contributed by atoms with Gasteiger partial charge in [-0.1, -0.05) is 39.0 Å². The number of sulfonamides is 1. The van der Waals surface area contributed by atoms with Crippen molar-refractivity contribution in [2.24, 2.45) is 0 Å². The minimum atomic E-state index is -3.58. The van der Waals surface area contributed by atoms with Crippen LogP contribution in [0.2, 0.25) is 0 Å². The molecule has 0 atom stereocenters. The molecule has 0 radical (unpaired) electrons. The summed E-state index contributed by atoms with van der Waals surface area (Å²) < 4.78 is 31.8. The lowest BCUT2D eigenvalue weighted by Gasteiger charge is -2.05. The van der Waals surface area contributed by atoms with Crippen LogP contribution in [0.3, 0.4) is 0 Å². The molecular weight excluding hydrogens is 346 g/mol. The third-order valence-corrected chi connectivity index (χ3v) is 5.29. The van der Waals surface area contributed by atoms with E-state index in [0.29, 0.717) is 6.54 Å². The molecule has 1 aromatic rings. The highest BCUT2D eigenvalue weighted by Crippen LogP contribution is 2.25. The number of unbranched alkanes of at least 4 members (excludes halogenated alkanes) is 5. The summed E-state index contributed by atoms with van der Waals surface area (Å²) in [6.45, 7) is 2.25. The molecule has 20 heavy (non-hydrogen) atoms. The number of aliphatic hydroxyl groups excluding tert-OH is 1. The largest absolute Gasteiger partial charge is 0.450 e. The van der Waals surface area contributed by atoms with Gasteiger partial charge in [-0.3, -0.25) is 0 Å². The van der Waals surface area contributed by atoms with Gasteiger partial charge in [0.05, 0.1) is 0 Å². The van der Waals surface area contributed by atoms with Gasteiger partial charge < -0.3 is 9.52 Å². The molecule has 0 amide bonds. The summed E-state index contributed by atoms with van der Waals surface area (Å²) in [6.07, 6.45) is 6.63. The Labute approximate surface area is 128 Å². The van der Waals surface area contributed by atoms with Crippen molar-refractivity contribution in [3.63, 3.8) is 0 Å². The van der Waals surface area contributed by atoms with E-state index in [4.69, 9.17) is 9.52 Å². The van der Waals surface area contributed by atoms with Gasteiger partial charge >= 0.3 is 0 Å². The molecule has 0 fully saturated rings. The van der Waals surface area contributed by atoms with E-state index in [9.17, 15) is 8.42 Å². The smallest absolute Gasteiger partial charge is 0.244 e. The first kappa shape index (κ1) is 17.7. The molecule has 0 aliphatic carbocycles. The van der Waals surface area contributed by atoms with Crippen LogP contribution in [0.25, 0.3) is 0 Å². The maximum absolute atomic E-state index is 12.0. The maximum Gasteiger partial charge on any atom is 0.244 e. The van der Waals surface area contributed by atoms with Gasteiger partial charge in [-0.2, -0.15) is 0 Å². The molecule has 0 unspecified atom stereocenters. The van der Waals surface area contributed by atoms with Gasteiger partial charge in [0, 0.05) is 12.6 Å². The van der Waals surface area contributed by atoms with Crippen LogP contribution in [-0.2, 0) is 16.6 Å². The van der Waals surface area contributed by atoms with Crippen LogP contribution in [0.5, 0.6) is 0 Å². The summed E-state index contributed by atoms with van der Waals surface area (Å²) >= 11 is 3.05. The van der Waals surface area contributed by atoms with Gasteiger partial charge in [-0.05, 0) is 22.4 Å². The SMILES string of the molecule is CCCCCCCCNS(=O)(=O)c1cc(CO)oc1Br. The first-order valence-corrected chi connectivity index (χ1v) is 9.17. The monoisotopic (exact) mass is 367 g/mol.